The summed E-state index contributed by atoms with van der Waals surface area (Å²) in [4.78, 5) is 18.7. The average Bonchev–Trinajstić information content (AvgIpc) is 2.62. The number of fused-ring (bicyclic) bond motifs is 2. The molecular formula is C18H16ClN3O3. The van der Waals surface area contributed by atoms with E-state index < -0.39 is 0 Å². The van der Waals surface area contributed by atoms with E-state index in [9.17, 15) is 4.79 Å². The number of rotatable bonds is 3. The fourth-order valence-electron chi connectivity index (χ4n) is 2.81. The van der Waals surface area contributed by atoms with Gasteiger partial charge in [-0.1, -0.05) is 23.7 Å². The first-order valence-corrected chi connectivity index (χ1v) is 8.26. The quantitative estimate of drug-likeness (QED) is 0.721. The van der Waals surface area contributed by atoms with Gasteiger partial charge in [0.15, 0.2) is 17.6 Å². The minimum Gasteiger partial charge on any atom is -0.486 e. The molecule has 1 aliphatic heterocycles. The number of hydrogen-bond acceptors (Lipinski definition) is 5. The van der Waals surface area contributed by atoms with Crippen molar-refractivity contribution in [1.82, 2.24) is 9.38 Å². The van der Waals surface area contributed by atoms with Gasteiger partial charge in [0.05, 0.1) is 11.6 Å². The van der Waals surface area contributed by atoms with Crippen molar-refractivity contribution >= 4 is 23.1 Å². The first kappa shape index (κ1) is 15.8. The number of nitrogens with zero attached hydrogens (tertiary/aromatic N) is 3. The zero-order chi connectivity index (χ0) is 17.4. The molecule has 2 aromatic heterocycles. The van der Waals surface area contributed by atoms with Gasteiger partial charge in [0.2, 0.25) is 0 Å². The summed E-state index contributed by atoms with van der Waals surface area (Å²) in [6.07, 6.45) is 1.41. The summed E-state index contributed by atoms with van der Waals surface area (Å²) in [6.45, 7) is 0.994. The Bertz CT molecular complexity index is 989. The number of para-hydroxylation sites is 2. The molecule has 0 unspecified atom stereocenters. The summed E-state index contributed by atoms with van der Waals surface area (Å²) in [5, 5.41) is 0.490. The van der Waals surface area contributed by atoms with Crippen molar-refractivity contribution in [3.05, 3.63) is 64.0 Å². The first-order chi connectivity index (χ1) is 12.1. The molecule has 3 aromatic rings. The van der Waals surface area contributed by atoms with E-state index >= 15 is 0 Å². The maximum atomic E-state index is 12.3. The SMILES string of the molecule is CN(C[C@@H]1COc2ccccc2O1)c1cc(=O)n2cc(Cl)ccc2n1. The average molecular weight is 358 g/mol. The van der Waals surface area contributed by atoms with Gasteiger partial charge in [-0.3, -0.25) is 9.20 Å². The van der Waals surface area contributed by atoms with Gasteiger partial charge >= 0.3 is 0 Å². The fraction of sp³-hybridized carbons (Fsp3) is 0.222. The lowest BCUT2D eigenvalue weighted by atomic mass is 10.2. The molecule has 0 saturated carbocycles. The van der Waals surface area contributed by atoms with Crippen LogP contribution in [-0.4, -0.2) is 35.7 Å². The smallest absolute Gasteiger partial charge is 0.260 e. The second kappa shape index (κ2) is 6.29. The van der Waals surface area contributed by atoms with E-state index in [1.807, 2.05) is 36.2 Å². The third-order valence-corrected chi connectivity index (χ3v) is 4.27. The Morgan fingerprint density at radius 1 is 1.28 bits per heavy atom. The lowest BCUT2D eigenvalue weighted by Crippen LogP contribution is -2.40. The van der Waals surface area contributed by atoms with Crippen LogP contribution in [0.15, 0.2) is 53.5 Å². The number of benzene rings is 1. The molecule has 0 amide bonds. The van der Waals surface area contributed by atoms with Gasteiger partial charge in [0.25, 0.3) is 5.56 Å². The number of hydrogen-bond donors (Lipinski definition) is 0. The van der Waals surface area contributed by atoms with E-state index in [2.05, 4.69) is 4.98 Å². The lowest BCUT2D eigenvalue weighted by molar-refractivity contribution is 0.0959. The zero-order valence-corrected chi connectivity index (χ0v) is 14.3. The summed E-state index contributed by atoms with van der Waals surface area (Å²) in [5.41, 5.74) is 0.366. The lowest BCUT2D eigenvalue weighted by Gasteiger charge is -2.30. The summed E-state index contributed by atoms with van der Waals surface area (Å²) >= 11 is 5.93. The van der Waals surface area contributed by atoms with Crippen LogP contribution in [0.4, 0.5) is 5.82 Å². The molecule has 7 heteroatoms. The zero-order valence-electron chi connectivity index (χ0n) is 13.6. The molecule has 0 aliphatic carbocycles. The Morgan fingerprint density at radius 3 is 2.92 bits per heavy atom. The molecule has 1 atom stereocenters. The van der Waals surface area contributed by atoms with Crippen LogP contribution in [0.1, 0.15) is 0 Å². The fourth-order valence-corrected chi connectivity index (χ4v) is 2.97. The minimum absolute atomic E-state index is 0.148. The minimum atomic E-state index is -0.180. The Labute approximate surface area is 149 Å². The summed E-state index contributed by atoms with van der Waals surface area (Å²) in [7, 11) is 1.87. The second-order valence-corrected chi connectivity index (χ2v) is 6.34. The van der Waals surface area contributed by atoms with Gasteiger partial charge in [-0.2, -0.15) is 0 Å². The van der Waals surface area contributed by atoms with Crippen LogP contribution in [0.2, 0.25) is 5.02 Å². The predicted octanol–water partition coefficient (Wildman–Crippen LogP) is 2.62. The second-order valence-electron chi connectivity index (χ2n) is 5.91. The molecule has 3 heterocycles. The van der Waals surface area contributed by atoms with Crippen molar-refractivity contribution in [2.75, 3.05) is 25.1 Å². The van der Waals surface area contributed by atoms with E-state index in [-0.39, 0.29) is 11.7 Å². The molecular weight excluding hydrogens is 342 g/mol. The molecule has 0 saturated heterocycles. The number of anilines is 1. The van der Waals surface area contributed by atoms with Crippen LogP contribution in [0, 0.1) is 0 Å². The number of halogens is 1. The Hall–Kier alpha value is -2.73. The molecule has 0 bridgehead atoms. The van der Waals surface area contributed by atoms with E-state index in [0.717, 1.165) is 11.5 Å². The van der Waals surface area contributed by atoms with Crippen molar-refractivity contribution in [3.8, 4) is 11.5 Å². The largest absolute Gasteiger partial charge is 0.486 e. The third kappa shape index (κ3) is 3.13. The van der Waals surface area contributed by atoms with Crippen molar-refractivity contribution in [2.45, 2.75) is 6.10 Å². The van der Waals surface area contributed by atoms with Crippen LogP contribution in [-0.2, 0) is 0 Å². The van der Waals surface area contributed by atoms with Crippen LogP contribution in [0.3, 0.4) is 0 Å². The molecule has 0 spiro atoms. The molecule has 4 rings (SSSR count). The van der Waals surface area contributed by atoms with E-state index in [1.165, 1.54) is 10.5 Å². The number of aromatic nitrogens is 2. The van der Waals surface area contributed by atoms with Gasteiger partial charge in [-0.25, -0.2) is 4.98 Å². The highest BCUT2D eigenvalue weighted by Gasteiger charge is 2.22. The van der Waals surface area contributed by atoms with E-state index in [1.54, 1.807) is 18.3 Å². The van der Waals surface area contributed by atoms with Crippen LogP contribution < -0.4 is 19.9 Å². The normalized spacial score (nSPS) is 16.0. The Balaban J connectivity index is 1.56. The highest BCUT2D eigenvalue weighted by molar-refractivity contribution is 6.30. The molecule has 6 nitrogen and oxygen atoms in total. The van der Waals surface area contributed by atoms with Crippen molar-refractivity contribution in [2.24, 2.45) is 0 Å². The van der Waals surface area contributed by atoms with Crippen molar-refractivity contribution in [3.63, 3.8) is 0 Å². The molecule has 0 N–H and O–H groups in total. The maximum absolute atomic E-state index is 12.3. The monoisotopic (exact) mass is 357 g/mol. The number of ether oxygens (including phenoxy) is 2. The highest BCUT2D eigenvalue weighted by atomic mass is 35.5. The van der Waals surface area contributed by atoms with Gasteiger partial charge in [-0.15, -0.1) is 0 Å². The predicted molar refractivity (Wildman–Crippen MR) is 96.1 cm³/mol. The van der Waals surface area contributed by atoms with Gasteiger partial charge in [0.1, 0.15) is 18.1 Å². The van der Waals surface area contributed by atoms with Crippen molar-refractivity contribution in [1.29, 1.82) is 0 Å². The first-order valence-electron chi connectivity index (χ1n) is 7.89. The Kier molecular flexibility index (Phi) is 3.97. The molecule has 128 valence electrons. The molecule has 1 aliphatic rings. The highest BCUT2D eigenvalue weighted by Crippen LogP contribution is 2.31. The number of pyridine rings is 1. The summed E-state index contributed by atoms with van der Waals surface area (Å²) in [5.74, 6) is 2.06. The maximum Gasteiger partial charge on any atom is 0.260 e. The summed E-state index contributed by atoms with van der Waals surface area (Å²) in [6, 6.07) is 12.5. The van der Waals surface area contributed by atoms with Crippen molar-refractivity contribution < 1.29 is 9.47 Å². The topological polar surface area (TPSA) is 56.1 Å². The van der Waals surface area contributed by atoms with E-state index in [4.69, 9.17) is 21.1 Å². The molecule has 0 radical (unpaired) electrons. The summed E-state index contributed by atoms with van der Waals surface area (Å²) < 4.78 is 13.1. The standard InChI is InChI=1S/C18H16ClN3O3/c1-21(10-13-11-24-14-4-2-3-5-15(14)25-13)17-8-18(23)22-9-12(19)6-7-16(22)20-17/h2-9,13H,10-11H2,1H3/t13-/m1/s1. The van der Waals surface area contributed by atoms with Gasteiger partial charge in [-0.05, 0) is 24.3 Å². The van der Waals surface area contributed by atoms with Crippen LogP contribution >= 0.6 is 11.6 Å². The molecule has 0 fully saturated rings. The number of likely N-dealkylation sites (N-methyl/N-ethyl adjacent to an activating group) is 1. The van der Waals surface area contributed by atoms with E-state index in [0.29, 0.717) is 29.6 Å². The third-order valence-electron chi connectivity index (χ3n) is 4.05. The van der Waals surface area contributed by atoms with Gasteiger partial charge in [0, 0.05) is 19.3 Å². The Morgan fingerprint density at radius 2 is 2.08 bits per heavy atom. The molecule has 1 aromatic carbocycles. The van der Waals surface area contributed by atoms with Crippen LogP contribution in [0.5, 0.6) is 11.5 Å². The van der Waals surface area contributed by atoms with Gasteiger partial charge < -0.3 is 14.4 Å². The molecule has 25 heavy (non-hydrogen) atoms. The van der Waals surface area contributed by atoms with Crippen LogP contribution in [0.25, 0.3) is 5.65 Å².